The van der Waals surface area contributed by atoms with E-state index in [2.05, 4.69) is 9.72 Å². The Morgan fingerprint density at radius 2 is 1.65 bits per heavy atom. The Hall–Kier alpha value is -2.20. The molecule has 1 aromatic rings. The lowest BCUT2D eigenvalue weighted by Gasteiger charge is -2.33. The summed E-state index contributed by atoms with van der Waals surface area (Å²) in [5.74, 6) is -1.80. The minimum absolute atomic E-state index is 0.0213. The molecule has 0 aromatic carbocycles. The van der Waals surface area contributed by atoms with Crippen molar-refractivity contribution in [3.63, 3.8) is 0 Å². The van der Waals surface area contributed by atoms with Gasteiger partial charge in [-0.05, 0) is 25.8 Å². The van der Waals surface area contributed by atoms with Crippen molar-refractivity contribution in [1.29, 1.82) is 0 Å². The van der Waals surface area contributed by atoms with Gasteiger partial charge in [-0.1, -0.05) is 0 Å². The highest BCUT2D eigenvalue weighted by Crippen LogP contribution is 2.55. The second-order valence-electron chi connectivity index (χ2n) is 6.17. The number of esters is 1. The van der Waals surface area contributed by atoms with Gasteiger partial charge in [-0.2, -0.15) is 26.3 Å². The molecule has 0 radical (unpaired) electrons. The van der Waals surface area contributed by atoms with Crippen LogP contribution in [0.2, 0.25) is 0 Å². The van der Waals surface area contributed by atoms with Gasteiger partial charge in [-0.3, -0.25) is 4.79 Å². The van der Waals surface area contributed by atoms with Crippen LogP contribution in [0.1, 0.15) is 38.5 Å². The summed E-state index contributed by atoms with van der Waals surface area (Å²) in [6.07, 6.45) is -12.4. The summed E-state index contributed by atoms with van der Waals surface area (Å²) < 4.78 is 83.3. The fourth-order valence-corrected chi connectivity index (χ4v) is 3.14. The molecule has 1 aliphatic rings. The van der Waals surface area contributed by atoms with Crippen molar-refractivity contribution in [2.75, 3.05) is 20.2 Å². The van der Waals surface area contributed by atoms with Gasteiger partial charge in [0.25, 0.3) is 5.91 Å². The van der Waals surface area contributed by atoms with Crippen LogP contribution < -0.4 is 0 Å². The SMILES string of the molecule is COC(=O)c1c(C)[nH]c(C(=O)N2CCC(C(F)(F)F)(C(F)(F)F)C2)c1C. The molecule has 0 unspecified atom stereocenters. The van der Waals surface area contributed by atoms with E-state index in [1.165, 1.54) is 13.8 Å². The number of halogens is 6. The third-order valence-electron chi connectivity index (χ3n) is 4.68. The van der Waals surface area contributed by atoms with Crippen LogP contribution in [0.15, 0.2) is 0 Å². The van der Waals surface area contributed by atoms with Gasteiger partial charge in [-0.15, -0.1) is 0 Å². The smallest absolute Gasteiger partial charge is 0.404 e. The number of nitrogens with zero attached hydrogens (tertiary/aromatic N) is 1. The summed E-state index contributed by atoms with van der Waals surface area (Å²) >= 11 is 0. The number of rotatable bonds is 2. The lowest BCUT2D eigenvalue weighted by molar-refractivity contribution is -0.334. The molecule has 0 bridgehead atoms. The van der Waals surface area contributed by atoms with Crippen molar-refractivity contribution < 1.29 is 40.7 Å². The first kappa shape index (κ1) is 20.1. The van der Waals surface area contributed by atoms with E-state index in [1.54, 1.807) is 0 Å². The number of carbonyl (C=O) groups excluding carboxylic acids is 2. The van der Waals surface area contributed by atoms with Crippen LogP contribution in [0, 0.1) is 19.3 Å². The monoisotopic (exact) mass is 386 g/mol. The van der Waals surface area contributed by atoms with Gasteiger partial charge in [-0.25, -0.2) is 4.79 Å². The largest absolute Gasteiger partial charge is 0.465 e. The Balaban J connectivity index is 2.38. The summed E-state index contributed by atoms with van der Waals surface area (Å²) in [7, 11) is 1.11. The molecule has 1 amide bonds. The minimum atomic E-state index is -5.54. The maximum Gasteiger partial charge on any atom is 0.404 e. The van der Waals surface area contributed by atoms with Crippen LogP contribution in [-0.4, -0.2) is 54.3 Å². The van der Waals surface area contributed by atoms with Gasteiger partial charge in [0.2, 0.25) is 0 Å². The number of carbonyl (C=O) groups is 2. The second kappa shape index (κ2) is 6.20. The van der Waals surface area contributed by atoms with E-state index in [-0.39, 0.29) is 22.5 Å². The highest BCUT2D eigenvalue weighted by atomic mass is 19.4. The van der Waals surface area contributed by atoms with Gasteiger partial charge >= 0.3 is 18.3 Å². The normalized spacial score (nSPS) is 17.5. The van der Waals surface area contributed by atoms with E-state index >= 15 is 0 Å². The van der Waals surface area contributed by atoms with Crippen LogP contribution in [0.25, 0.3) is 0 Å². The number of hydrogen-bond acceptors (Lipinski definition) is 3. The number of ether oxygens (including phenoxy) is 1. The van der Waals surface area contributed by atoms with Crippen molar-refractivity contribution in [3.05, 3.63) is 22.5 Å². The Kier molecular flexibility index (Phi) is 4.80. The Bertz CT molecular complexity index is 721. The third-order valence-corrected chi connectivity index (χ3v) is 4.68. The molecule has 2 heterocycles. The van der Waals surface area contributed by atoms with Crippen LogP contribution in [0.4, 0.5) is 26.3 Å². The first-order valence-electron chi connectivity index (χ1n) is 7.47. The number of aryl methyl sites for hydroxylation is 1. The molecular weight excluding hydrogens is 370 g/mol. The van der Waals surface area contributed by atoms with Gasteiger partial charge in [0.15, 0.2) is 5.41 Å². The standard InChI is InChI=1S/C15H16F6N2O3/c1-7-9(12(25)26-3)8(2)22-10(7)11(24)23-5-4-13(6-23,14(16,17)18)15(19,20)21/h22H,4-6H2,1-3H3. The van der Waals surface area contributed by atoms with Crippen molar-refractivity contribution in [2.24, 2.45) is 5.41 Å². The zero-order valence-electron chi connectivity index (χ0n) is 14.1. The highest BCUT2D eigenvalue weighted by Gasteiger charge is 2.73. The summed E-state index contributed by atoms with van der Waals surface area (Å²) in [6.45, 7) is 0.572. The van der Waals surface area contributed by atoms with Gasteiger partial charge in [0, 0.05) is 18.8 Å². The van der Waals surface area contributed by atoms with Crippen LogP contribution in [0.5, 0.6) is 0 Å². The van der Waals surface area contributed by atoms with Crippen molar-refractivity contribution in [2.45, 2.75) is 32.6 Å². The molecule has 1 aliphatic heterocycles. The number of aromatic amines is 1. The number of nitrogens with one attached hydrogen (secondary N) is 1. The first-order chi connectivity index (χ1) is 11.8. The lowest BCUT2D eigenvalue weighted by Crippen LogP contribution is -2.52. The lowest BCUT2D eigenvalue weighted by atomic mass is 9.85. The molecule has 2 rings (SSSR count). The van der Waals surface area contributed by atoms with E-state index in [9.17, 15) is 35.9 Å². The van der Waals surface area contributed by atoms with Gasteiger partial charge < -0.3 is 14.6 Å². The predicted molar refractivity (Wildman–Crippen MR) is 76.7 cm³/mol. The molecule has 0 saturated carbocycles. The maximum atomic E-state index is 13.1. The Labute approximate surface area is 144 Å². The molecule has 1 N–H and O–H groups in total. The number of aromatic nitrogens is 1. The summed E-state index contributed by atoms with van der Waals surface area (Å²) in [5.41, 5.74) is -3.84. The molecule has 1 fully saturated rings. The molecular formula is C15H16F6N2O3. The highest BCUT2D eigenvalue weighted by molar-refractivity contribution is 6.00. The Morgan fingerprint density at radius 3 is 2.08 bits per heavy atom. The summed E-state index contributed by atoms with van der Waals surface area (Å²) in [6, 6.07) is 0. The predicted octanol–water partition coefficient (Wildman–Crippen LogP) is 3.38. The molecule has 5 nitrogen and oxygen atoms in total. The quantitative estimate of drug-likeness (QED) is 0.626. The zero-order valence-corrected chi connectivity index (χ0v) is 14.1. The van der Waals surface area contributed by atoms with E-state index in [0.717, 1.165) is 7.11 Å². The summed E-state index contributed by atoms with van der Waals surface area (Å²) in [5, 5.41) is 0. The molecule has 0 atom stereocenters. The molecule has 146 valence electrons. The number of methoxy groups -OCH3 is 1. The number of amides is 1. The summed E-state index contributed by atoms with van der Waals surface area (Å²) in [4.78, 5) is 27.3. The van der Waals surface area contributed by atoms with Crippen LogP contribution in [0.3, 0.4) is 0 Å². The average molecular weight is 386 g/mol. The molecule has 26 heavy (non-hydrogen) atoms. The Morgan fingerprint density at radius 1 is 1.12 bits per heavy atom. The number of H-pyrrole nitrogens is 1. The number of alkyl halides is 6. The molecule has 1 saturated heterocycles. The van der Waals surface area contributed by atoms with Crippen LogP contribution in [-0.2, 0) is 4.74 Å². The maximum absolute atomic E-state index is 13.1. The molecule has 0 aliphatic carbocycles. The topological polar surface area (TPSA) is 62.4 Å². The molecule has 1 aromatic heterocycles. The van der Waals surface area contributed by atoms with E-state index in [0.29, 0.717) is 4.90 Å². The van der Waals surface area contributed by atoms with Crippen molar-refractivity contribution in [1.82, 2.24) is 9.88 Å². The van der Waals surface area contributed by atoms with Crippen molar-refractivity contribution >= 4 is 11.9 Å². The zero-order chi connectivity index (χ0) is 20.1. The van der Waals surface area contributed by atoms with Crippen molar-refractivity contribution in [3.8, 4) is 0 Å². The van der Waals surface area contributed by atoms with Gasteiger partial charge in [0.05, 0.1) is 12.7 Å². The van der Waals surface area contributed by atoms with E-state index in [1.807, 2.05) is 0 Å². The average Bonchev–Trinajstić information content (AvgIpc) is 3.08. The number of hydrogen-bond donors (Lipinski definition) is 1. The minimum Gasteiger partial charge on any atom is -0.465 e. The fraction of sp³-hybridized carbons (Fsp3) is 0.600. The first-order valence-corrected chi connectivity index (χ1v) is 7.47. The fourth-order valence-electron chi connectivity index (χ4n) is 3.14. The van der Waals surface area contributed by atoms with Crippen LogP contribution >= 0.6 is 0 Å². The van der Waals surface area contributed by atoms with Gasteiger partial charge in [0.1, 0.15) is 5.69 Å². The van der Waals surface area contributed by atoms with E-state index < -0.39 is 49.2 Å². The third kappa shape index (κ3) is 2.92. The number of likely N-dealkylation sites (tertiary alicyclic amines) is 1. The molecule has 0 spiro atoms. The van der Waals surface area contributed by atoms with E-state index in [4.69, 9.17) is 0 Å². The second-order valence-corrected chi connectivity index (χ2v) is 6.17. The molecule has 11 heteroatoms.